The van der Waals surface area contributed by atoms with Gasteiger partial charge in [-0.1, -0.05) is 27.7 Å². The van der Waals surface area contributed by atoms with Gasteiger partial charge in [-0.3, -0.25) is 4.79 Å². The highest BCUT2D eigenvalue weighted by Crippen LogP contribution is 2.72. The average Bonchev–Trinajstić information content (AvgIpc) is 2.65. The van der Waals surface area contributed by atoms with Gasteiger partial charge in [0.15, 0.2) is 11.4 Å². The van der Waals surface area contributed by atoms with Crippen molar-refractivity contribution in [1.82, 2.24) is 0 Å². The van der Waals surface area contributed by atoms with Crippen molar-refractivity contribution in [3.63, 3.8) is 0 Å². The Morgan fingerprint density at radius 3 is 2.33 bits per heavy atom. The lowest BCUT2D eigenvalue weighted by molar-refractivity contribution is -0.251. The number of rotatable bonds is 0. The Hall–Kier alpha value is -0.410. The lowest BCUT2D eigenvalue weighted by Crippen LogP contribution is -2.73. The zero-order valence-corrected chi connectivity index (χ0v) is 11.8. The predicted molar refractivity (Wildman–Crippen MR) is 67.9 cm³/mol. The second-order valence-corrected chi connectivity index (χ2v) is 7.58. The van der Waals surface area contributed by atoms with E-state index in [4.69, 9.17) is 0 Å². The summed E-state index contributed by atoms with van der Waals surface area (Å²) >= 11 is 0. The first-order valence-corrected chi connectivity index (χ1v) is 7.12. The zero-order chi connectivity index (χ0) is 13.6. The summed E-state index contributed by atoms with van der Waals surface area (Å²) in [6.07, 6.45) is 2.79. The van der Waals surface area contributed by atoms with Gasteiger partial charge < -0.3 is 10.2 Å². The first kappa shape index (κ1) is 12.6. The molecule has 102 valence electrons. The summed E-state index contributed by atoms with van der Waals surface area (Å²) in [5.41, 5.74) is -3.36. The van der Waals surface area contributed by atoms with Crippen LogP contribution < -0.4 is 0 Å². The fourth-order valence-corrected chi connectivity index (χ4v) is 5.47. The summed E-state index contributed by atoms with van der Waals surface area (Å²) < 4.78 is 0. The molecule has 0 spiro atoms. The van der Waals surface area contributed by atoms with Crippen LogP contribution in [0.5, 0.6) is 0 Å². The highest BCUT2D eigenvalue weighted by molar-refractivity contribution is 5.94. The first-order chi connectivity index (χ1) is 8.13. The van der Waals surface area contributed by atoms with E-state index in [1.54, 1.807) is 0 Å². The smallest absolute Gasteiger partial charge is 0.170 e. The molecule has 5 atom stereocenters. The van der Waals surface area contributed by atoms with Crippen LogP contribution in [0.3, 0.4) is 0 Å². The van der Waals surface area contributed by atoms with Crippen LogP contribution in [-0.4, -0.2) is 27.2 Å². The average molecular weight is 252 g/mol. The predicted octanol–water partition coefficient (Wildman–Crippen LogP) is 1.90. The molecule has 0 aromatic heterocycles. The van der Waals surface area contributed by atoms with Crippen LogP contribution in [0.2, 0.25) is 0 Å². The summed E-state index contributed by atoms with van der Waals surface area (Å²) in [6, 6.07) is 0. The monoisotopic (exact) mass is 252 g/mol. The molecule has 0 radical (unpaired) electrons. The second-order valence-electron chi connectivity index (χ2n) is 7.58. The number of hydrogen-bond donors (Lipinski definition) is 2. The minimum atomic E-state index is -1.50. The summed E-state index contributed by atoms with van der Waals surface area (Å²) in [5.74, 6) is -0.220. The van der Waals surface area contributed by atoms with Crippen LogP contribution in [0.15, 0.2) is 0 Å². The van der Waals surface area contributed by atoms with Gasteiger partial charge in [0.05, 0.1) is 0 Å². The van der Waals surface area contributed by atoms with Gasteiger partial charge in [-0.05, 0) is 37.0 Å². The number of carbonyl (C=O) groups excluding carboxylic acids is 1. The molecule has 0 aromatic rings. The quantitative estimate of drug-likeness (QED) is 0.692. The van der Waals surface area contributed by atoms with E-state index in [1.165, 1.54) is 0 Å². The van der Waals surface area contributed by atoms with Gasteiger partial charge in [-0.2, -0.15) is 0 Å². The summed E-state index contributed by atoms with van der Waals surface area (Å²) in [5, 5.41) is 22.2. The topological polar surface area (TPSA) is 57.5 Å². The lowest BCUT2D eigenvalue weighted by Gasteiger charge is -2.60. The normalized spacial score (nSPS) is 57.8. The van der Waals surface area contributed by atoms with Crippen molar-refractivity contribution >= 4 is 5.78 Å². The summed E-state index contributed by atoms with van der Waals surface area (Å²) in [6.45, 7) is 8.23. The van der Waals surface area contributed by atoms with Crippen molar-refractivity contribution in [1.29, 1.82) is 0 Å². The number of carbonyl (C=O) groups is 1. The van der Waals surface area contributed by atoms with E-state index in [1.807, 2.05) is 6.92 Å². The van der Waals surface area contributed by atoms with Gasteiger partial charge in [0.25, 0.3) is 0 Å². The number of hydrogen-bond acceptors (Lipinski definition) is 3. The standard InChI is InChI=1S/C15H24O3/c1-9-5-8-14(17)11(16)10-6-7-13(4,12(10,2)3)15(9,14)18/h9-10,17-18H,5-8H2,1-4H3/t9-,10?,13?,14-,15+/m1/s1. The van der Waals surface area contributed by atoms with Crippen LogP contribution >= 0.6 is 0 Å². The highest BCUT2D eigenvalue weighted by Gasteiger charge is 2.79. The maximum Gasteiger partial charge on any atom is 0.170 e. The number of fused-ring (bicyclic) bond motifs is 4. The van der Waals surface area contributed by atoms with Crippen LogP contribution in [0.25, 0.3) is 0 Å². The van der Waals surface area contributed by atoms with Crippen molar-refractivity contribution in [3.8, 4) is 0 Å². The number of ketones is 1. The fourth-order valence-electron chi connectivity index (χ4n) is 5.47. The molecule has 0 saturated heterocycles. The second kappa shape index (κ2) is 3.01. The summed E-state index contributed by atoms with van der Waals surface area (Å²) in [7, 11) is 0. The molecule has 3 fully saturated rings. The van der Waals surface area contributed by atoms with Crippen LogP contribution in [0.1, 0.15) is 53.4 Å². The van der Waals surface area contributed by atoms with Gasteiger partial charge in [0.1, 0.15) is 5.60 Å². The molecular weight excluding hydrogens is 228 g/mol. The Bertz CT molecular complexity index is 429. The van der Waals surface area contributed by atoms with Crippen LogP contribution in [0, 0.1) is 22.7 Å². The molecule has 0 aromatic carbocycles. The molecule has 0 heterocycles. The summed E-state index contributed by atoms with van der Waals surface area (Å²) in [4.78, 5) is 12.7. The van der Waals surface area contributed by atoms with E-state index < -0.39 is 11.2 Å². The molecule has 3 saturated carbocycles. The third-order valence-electron chi connectivity index (χ3n) is 7.07. The Balaban J connectivity index is 2.28. The minimum Gasteiger partial charge on any atom is -0.386 e. The molecule has 2 bridgehead atoms. The SMILES string of the molecule is C[C@@H]1CC[C@@]2(O)C(=O)C3CCC(C)(C3(C)C)[C@@]12O. The van der Waals surface area contributed by atoms with Gasteiger partial charge in [0.2, 0.25) is 0 Å². The van der Waals surface area contributed by atoms with E-state index in [2.05, 4.69) is 20.8 Å². The molecule has 0 aliphatic heterocycles. The largest absolute Gasteiger partial charge is 0.386 e. The Kier molecular flexibility index (Phi) is 2.11. The van der Waals surface area contributed by atoms with Crippen molar-refractivity contribution < 1.29 is 15.0 Å². The number of aliphatic hydroxyl groups is 2. The molecular formula is C15H24O3. The Morgan fingerprint density at radius 1 is 1.11 bits per heavy atom. The fraction of sp³-hybridized carbons (Fsp3) is 0.933. The van der Waals surface area contributed by atoms with Gasteiger partial charge in [-0.15, -0.1) is 0 Å². The van der Waals surface area contributed by atoms with Crippen LogP contribution in [0.4, 0.5) is 0 Å². The lowest BCUT2D eigenvalue weighted by atomic mass is 9.46. The molecule has 0 amide bonds. The molecule has 3 aliphatic carbocycles. The molecule has 18 heavy (non-hydrogen) atoms. The van der Waals surface area contributed by atoms with Crippen molar-refractivity contribution in [3.05, 3.63) is 0 Å². The van der Waals surface area contributed by atoms with Gasteiger partial charge >= 0.3 is 0 Å². The van der Waals surface area contributed by atoms with Crippen molar-refractivity contribution in [2.24, 2.45) is 22.7 Å². The highest BCUT2D eigenvalue weighted by atomic mass is 16.4. The van der Waals surface area contributed by atoms with Crippen molar-refractivity contribution in [2.45, 2.75) is 64.6 Å². The Labute approximate surface area is 109 Å². The molecule has 3 heteroatoms. The zero-order valence-electron chi connectivity index (χ0n) is 11.8. The molecule has 2 unspecified atom stereocenters. The molecule has 3 rings (SSSR count). The van der Waals surface area contributed by atoms with E-state index in [0.717, 1.165) is 19.3 Å². The van der Waals surface area contributed by atoms with E-state index in [-0.39, 0.29) is 28.4 Å². The van der Waals surface area contributed by atoms with E-state index in [0.29, 0.717) is 6.42 Å². The van der Waals surface area contributed by atoms with E-state index in [9.17, 15) is 15.0 Å². The van der Waals surface area contributed by atoms with Gasteiger partial charge in [-0.25, -0.2) is 0 Å². The van der Waals surface area contributed by atoms with Gasteiger partial charge in [0, 0.05) is 11.3 Å². The Morgan fingerprint density at radius 2 is 1.72 bits per heavy atom. The third-order valence-corrected chi connectivity index (χ3v) is 7.07. The maximum atomic E-state index is 12.7. The third kappa shape index (κ3) is 0.904. The number of Topliss-reactive ketones (excluding diaryl/α,β-unsaturated/α-hetero) is 1. The maximum absolute atomic E-state index is 12.7. The van der Waals surface area contributed by atoms with Crippen LogP contribution in [-0.2, 0) is 4.79 Å². The molecule has 3 nitrogen and oxygen atoms in total. The molecule has 3 aliphatic rings. The first-order valence-electron chi connectivity index (χ1n) is 7.12. The minimum absolute atomic E-state index is 0.0187. The molecule has 2 N–H and O–H groups in total. The van der Waals surface area contributed by atoms with Crippen molar-refractivity contribution in [2.75, 3.05) is 0 Å². The van der Waals surface area contributed by atoms with E-state index >= 15 is 0 Å².